The molecule has 1 atom stereocenters. The molecule has 0 saturated carbocycles. The summed E-state index contributed by atoms with van der Waals surface area (Å²) in [5.41, 5.74) is 2.44. The molecule has 0 aromatic heterocycles. The molecule has 0 bridgehead atoms. The Morgan fingerprint density at radius 1 is 0.840 bits per heavy atom. The van der Waals surface area contributed by atoms with Gasteiger partial charge in [-0.15, -0.1) is 0 Å². The molecule has 0 N–H and O–H groups in total. The summed E-state index contributed by atoms with van der Waals surface area (Å²) in [4.78, 5) is 0. The van der Waals surface area contributed by atoms with Crippen molar-refractivity contribution in [2.24, 2.45) is 0 Å². The van der Waals surface area contributed by atoms with Crippen molar-refractivity contribution in [3.8, 4) is 5.75 Å². The van der Waals surface area contributed by atoms with E-state index in [4.69, 9.17) is 4.74 Å². The third-order valence-electron chi connectivity index (χ3n) is 3.69. The number of ether oxygens (including phenoxy) is 1. The molecule has 1 nitrogen and oxygen atoms in total. The van der Waals surface area contributed by atoms with Crippen LogP contribution in [0.1, 0.15) is 11.5 Å². The number of allylic oxidation sites excluding steroid dienone is 10. The fourth-order valence-electron chi connectivity index (χ4n) is 2.33. The Balaban J connectivity index is 2.38. The Labute approximate surface area is 159 Å². The zero-order valence-corrected chi connectivity index (χ0v) is 16.0. The summed E-state index contributed by atoms with van der Waals surface area (Å²) in [6.07, 6.45) is 19.0. The third kappa shape index (κ3) is 6.98. The molecule has 25 heavy (non-hydrogen) atoms. The van der Waals surface area contributed by atoms with Gasteiger partial charge in [0, 0.05) is 11.2 Å². The van der Waals surface area contributed by atoms with Crippen molar-refractivity contribution < 1.29 is 4.74 Å². The van der Waals surface area contributed by atoms with E-state index in [1.165, 1.54) is 11.1 Å². The molecule has 0 amide bonds. The summed E-state index contributed by atoms with van der Waals surface area (Å²) in [5, 5.41) is 0.842. The molecule has 0 saturated heterocycles. The highest BCUT2D eigenvalue weighted by molar-refractivity contribution is 9.09. The first-order valence-electron chi connectivity index (χ1n) is 8.25. The SMILES string of the molecule is COc1cccccc(C2C=C\C=C/C=C(CBr)\C=C/C=C\2)ccc1. The number of hydrogen-bond acceptors (Lipinski definition) is 1. The first-order chi connectivity index (χ1) is 12.3. The molecule has 1 aliphatic carbocycles. The molecule has 0 fully saturated rings. The van der Waals surface area contributed by atoms with Crippen molar-refractivity contribution in [1.29, 1.82) is 0 Å². The lowest BCUT2D eigenvalue weighted by Gasteiger charge is -2.06. The molecular formula is C23H23BrO. The Morgan fingerprint density at radius 2 is 1.56 bits per heavy atom. The van der Waals surface area contributed by atoms with Gasteiger partial charge < -0.3 is 4.74 Å². The van der Waals surface area contributed by atoms with Crippen molar-refractivity contribution >= 4 is 15.9 Å². The van der Waals surface area contributed by atoms with Gasteiger partial charge in [-0.25, -0.2) is 0 Å². The summed E-state index contributed by atoms with van der Waals surface area (Å²) in [6, 6.07) is 16.2. The predicted molar refractivity (Wildman–Crippen MR) is 112 cm³/mol. The van der Waals surface area contributed by atoms with Crippen LogP contribution in [-0.2, 0) is 0 Å². The number of halogens is 1. The number of alkyl halides is 1. The summed E-state index contributed by atoms with van der Waals surface area (Å²) >= 11 is 3.51. The first-order valence-corrected chi connectivity index (χ1v) is 9.38. The van der Waals surface area contributed by atoms with Gasteiger partial charge in [-0.1, -0.05) is 107 Å². The minimum atomic E-state index is 0.198. The first kappa shape index (κ1) is 19.0. The highest BCUT2D eigenvalue weighted by Gasteiger charge is 2.01. The smallest absolute Gasteiger partial charge is 0.118 e. The number of rotatable bonds is 3. The van der Waals surface area contributed by atoms with Crippen LogP contribution in [0.5, 0.6) is 5.75 Å². The minimum absolute atomic E-state index is 0.198. The average Bonchev–Trinajstić information content (AvgIpc) is 2.70. The number of methoxy groups -OCH3 is 1. The van der Waals surface area contributed by atoms with Crippen molar-refractivity contribution in [2.45, 2.75) is 5.92 Å². The zero-order chi connectivity index (χ0) is 17.7. The molecule has 1 aliphatic rings. The van der Waals surface area contributed by atoms with Gasteiger partial charge in [-0.3, -0.25) is 0 Å². The van der Waals surface area contributed by atoms with Gasteiger partial charge in [0.05, 0.1) is 7.11 Å². The molecular weight excluding hydrogens is 372 g/mol. The van der Waals surface area contributed by atoms with Crippen molar-refractivity contribution in [3.63, 3.8) is 0 Å². The van der Waals surface area contributed by atoms with Gasteiger partial charge in [0.1, 0.15) is 5.75 Å². The molecule has 2 heteroatoms. The number of hydrogen-bond donors (Lipinski definition) is 0. The van der Waals surface area contributed by atoms with Crippen LogP contribution in [0.4, 0.5) is 0 Å². The minimum Gasteiger partial charge on any atom is -0.497 e. The van der Waals surface area contributed by atoms with Crippen LogP contribution in [-0.4, -0.2) is 12.4 Å². The fraction of sp³-hybridized carbons (Fsp3) is 0.130. The molecule has 2 rings (SSSR count). The quantitative estimate of drug-likeness (QED) is 0.534. The van der Waals surface area contributed by atoms with Crippen LogP contribution < -0.4 is 4.74 Å². The van der Waals surface area contributed by atoms with Gasteiger partial charge >= 0.3 is 0 Å². The fourth-order valence-corrected chi connectivity index (χ4v) is 2.70. The van der Waals surface area contributed by atoms with Crippen LogP contribution in [0.25, 0.3) is 0 Å². The van der Waals surface area contributed by atoms with E-state index in [1.807, 2.05) is 30.3 Å². The van der Waals surface area contributed by atoms with Crippen LogP contribution in [0.2, 0.25) is 0 Å². The molecule has 1 aromatic carbocycles. The van der Waals surface area contributed by atoms with Crippen molar-refractivity contribution in [2.75, 3.05) is 12.4 Å². The van der Waals surface area contributed by atoms with Crippen LogP contribution >= 0.6 is 15.9 Å². The summed E-state index contributed by atoms with van der Waals surface area (Å²) in [7, 11) is 1.68. The van der Waals surface area contributed by atoms with E-state index in [-0.39, 0.29) is 5.92 Å². The lowest BCUT2D eigenvalue weighted by Crippen LogP contribution is -1.89. The molecule has 1 aromatic rings. The summed E-state index contributed by atoms with van der Waals surface area (Å²) in [5.74, 6) is 1.03. The lowest BCUT2D eigenvalue weighted by atomic mass is 9.99. The maximum Gasteiger partial charge on any atom is 0.118 e. The average molecular weight is 395 g/mol. The molecule has 1 unspecified atom stereocenters. The van der Waals surface area contributed by atoms with Crippen LogP contribution in [0.3, 0.4) is 0 Å². The van der Waals surface area contributed by atoms with Crippen molar-refractivity contribution in [3.05, 3.63) is 114 Å². The van der Waals surface area contributed by atoms with Gasteiger partial charge in [0.15, 0.2) is 0 Å². The standard InChI is InChI=1S/C23H23BrO/c1-25-23-17-7-3-6-14-22(16-10-18-23)21-13-5-2-4-11-20(19-24)12-8-9-15-21/h2-18,21H,19H2,1H3/b4-2-,6-3?,7-3?,12-8-,13-5?,14-6?,15-9-,16-10?,17-7?,18-10?,20-11+,22-14?,22-16?,23-17?,23-18?. The second-order valence-corrected chi connectivity index (χ2v) is 6.02. The topological polar surface area (TPSA) is 9.23 Å². The zero-order valence-electron chi connectivity index (χ0n) is 14.4. The summed E-state index contributed by atoms with van der Waals surface area (Å²) < 4.78 is 5.32. The van der Waals surface area contributed by atoms with E-state index < -0.39 is 0 Å². The van der Waals surface area contributed by atoms with Gasteiger partial charge in [-0.05, 0) is 23.3 Å². The lowest BCUT2D eigenvalue weighted by molar-refractivity contribution is 0.415. The van der Waals surface area contributed by atoms with Gasteiger partial charge in [-0.2, -0.15) is 0 Å². The second-order valence-electron chi connectivity index (χ2n) is 5.46. The highest BCUT2D eigenvalue weighted by atomic mass is 79.9. The van der Waals surface area contributed by atoms with E-state index >= 15 is 0 Å². The molecule has 128 valence electrons. The Bertz CT molecular complexity index is 752. The van der Waals surface area contributed by atoms with Gasteiger partial charge in [0.2, 0.25) is 0 Å². The second kappa shape index (κ2) is 11.3. The van der Waals surface area contributed by atoms with Gasteiger partial charge in [0.25, 0.3) is 0 Å². The van der Waals surface area contributed by atoms with E-state index in [0.29, 0.717) is 0 Å². The normalized spacial score (nSPS) is 22.5. The Morgan fingerprint density at radius 3 is 2.36 bits per heavy atom. The summed E-state index contributed by atoms with van der Waals surface area (Å²) in [6.45, 7) is 0. The molecule has 0 spiro atoms. The van der Waals surface area contributed by atoms with E-state index in [0.717, 1.165) is 11.1 Å². The monoisotopic (exact) mass is 394 g/mol. The van der Waals surface area contributed by atoms with Crippen LogP contribution in [0, 0.1) is 0 Å². The van der Waals surface area contributed by atoms with Crippen molar-refractivity contribution in [1.82, 2.24) is 0 Å². The Hall–Kier alpha value is -2.32. The molecule has 0 radical (unpaired) electrons. The maximum atomic E-state index is 5.32. The van der Waals surface area contributed by atoms with Crippen LogP contribution in [0.15, 0.2) is 109 Å². The molecule has 0 heterocycles. The predicted octanol–water partition coefficient (Wildman–Crippen LogP) is 6.46. The molecule has 0 aliphatic heterocycles. The highest BCUT2D eigenvalue weighted by Crippen LogP contribution is 2.19. The van der Waals surface area contributed by atoms with E-state index in [9.17, 15) is 0 Å². The Kier molecular flexibility index (Phi) is 8.57. The van der Waals surface area contributed by atoms with E-state index in [1.54, 1.807) is 7.11 Å². The largest absolute Gasteiger partial charge is 0.497 e. The maximum absolute atomic E-state index is 5.32. The van der Waals surface area contributed by atoms with E-state index in [2.05, 4.69) is 88.8 Å². The third-order valence-corrected chi connectivity index (χ3v) is 4.33.